The number of benzene rings is 1. The molecule has 2 aliphatic heterocycles. The highest BCUT2D eigenvalue weighted by atomic mass is 127. The number of hydrogen-bond acceptors (Lipinski definition) is 4. The molecule has 0 aliphatic carbocycles. The van der Waals surface area contributed by atoms with E-state index in [1.165, 1.54) is 16.1 Å². The number of nitrogens with one attached hydrogen (secondary N) is 1. The van der Waals surface area contributed by atoms with E-state index in [-0.39, 0.29) is 29.9 Å². The first-order chi connectivity index (χ1) is 14.7. The zero-order valence-electron chi connectivity index (χ0n) is 18.1. The summed E-state index contributed by atoms with van der Waals surface area (Å²) in [6, 6.07) is 12.8. The number of likely N-dealkylation sites (tertiary alicyclic amines) is 1. The zero-order valence-corrected chi connectivity index (χ0v) is 21.3. The molecule has 168 valence electrons. The minimum absolute atomic E-state index is 0. The maximum absolute atomic E-state index is 11.8. The molecule has 0 radical (unpaired) electrons. The van der Waals surface area contributed by atoms with Crippen molar-refractivity contribution in [3.63, 3.8) is 0 Å². The number of thiophene rings is 1. The molecule has 0 unspecified atom stereocenters. The van der Waals surface area contributed by atoms with Crippen LogP contribution in [0.1, 0.15) is 30.9 Å². The van der Waals surface area contributed by atoms with Gasteiger partial charge in [0.1, 0.15) is 0 Å². The number of nitrogens with zero attached hydrogens (tertiary/aromatic N) is 4. The SMILES string of the molecule is CCNC(=NCc1ccc(CN2CCCC2=O)cc1)N1CCN(c2cccs2)CC1.I. The highest BCUT2D eigenvalue weighted by molar-refractivity contribution is 14.0. The van der Waals surface area contributed by atoms with Gasteiger partial charge >= 0.3 is 0 Å². The number of piperazine rings is 1. The summed E-state index contributed by atoms with van der Waals surface area (Å²) in [5, 5.41) is 6.95. The average Bonchev–Trinajstić information content (AvgIpc) is 3.45. The van der Waals surface area contributed by atoms with E-state index in [0.717, 1.165) is 58.2 Å². The van der Waals surface area contributed by atoms with E-state index in [4.69, 9.17) is 4.99 Å². The Kier molecular flexibility index (Phi) is 9.01. The summed E-state index contributed by atoms with van der Waals surface area (Å²) in [6.45, 7) is 9.26. The van der Waals surface area contributed by atoms with Gasteiger partial charge in [-0.25, -0.2) is 4.99 Å². The molecule has 6 nitrogen and oxygen atoms in total. The Morgan fingerprint density at radius 3 is 2.42 bits per heavy atom. The molecule has 1 aromatic heterocycles. The Labute approximate surface area is 206 Å². The van der Waals surface area contributed by atoms with Crippen molar-refractivity contribution in [3.8, 4) is 0 Å². The van der Waals surface area contributed by atoms with Gasteiger partial charge in [0.2, 0.25) is 5.91 Å². The highest BCUT2D eigenvalue weighted by Crippen LogP contribution is 2.22. The standard InChI is InChI=1S/C23H31N5OS.HI/c1-2-24-23(27-14-12-26(13-15-27)22-6-4-16-30-22)25-17-19-7-9-20(10-8-19)18-28-11-3-5-21(28)29;/h4,6-10,16H,2-3,5,11-15,17-18H2,1H3,(H,24,25);1H. The first kappa shape index (κ1) is 23.8. The lowest BCUT2D eigenvalue weighted by molar-refractivity contribution is -0.128. The summed E-state index contributed by atoms with van der Waals surface area (Å²) in [5.41, 5.74) is 2.38. The summed E-state index contributed by atoms with van der Waals surface area (Å²) < 4.78 is 0. The molecule has 31 heavy (non-hydrogen) atoms. The molecule has 1 amide bonds. The van der Waals surface area contributed by atoms with Crippen LogP contribution < -0.4 is 10.2 Å². The van der Waals surface area contributed by atoms with Gasteiger partial charge in [0.15, 0.2) is 5.96 Å². The van der Waals surface area contributed by atoms with Crippen molar-refractivity contribution < 1.29 is 4.79 Å². The fourth-order valence-corrected chi connectivity index (χ4v) is 4.81. The van der Waals surface area contributed by atoms with Gasteiger partial charge in [0.05, 0.1) is 11.5 Å². The van der Waals surface area contributed by atoms with Crippen LogP contribution in [-0.4, -0.2) is 60.9 Å². The summed E-state index contributed by atoms with van der Waals surface area (Å²) in [5.74, 6) is 1.27. The van der Waals surface area contributed by atoms with Gasteiger partial charge < -0.3 is 20.0 Å². The predicted molar refractivity (Wildman–Crippen MR) is 139 cm³/mol. The Morgan fingerprint density at radius 2 is 1.81 bits per heavy atom. The largest absolute Gasteiger partial charge is 0.360 e. The van der Waals surface area contributed by atoms with E-state index in [1.807, 2.05) is 16.2 Å². The summed E-state index contributed by atoms with van der Waals surface area (Å²) in [6.07, 6.45) is 1.68. The number of amides is 1. The lowest BCUT2D eigenvalue weighted by Crippen LogP contribution is -2.52. The van der Waals surface area contributed by atoms with Crippen LogP contribution in [0.4, 0.5) is 5.00 Å². The smallest absolute Gasteiger partial charge is 0.222 e. The maximum atomic E-state index is 11.8. The van der Waals surface area contributed by atoms with Crippen molar-refractivity contribution in [3.05, 3.63) is 52.9 Å². The molecule has 4 rings (SSSR count). The molecular formula is C23H32IN5OS. The third-order valence-electron chi connectivity index (χ3n) is 5.71. The average molecular weight is 554 g/mol. The molecule has 8 heteroatoms. The number of guanidine groups is 1. The van der Waals surface area contributed by atoms with Crippen molar-refractivity contribution in [1.29, 1.82) is 0 Å². The molecule has 0 saturated carbocycles. The Bertz CT molecular complexity index is 847. The van der Waals surface area contributed by atoms with Crippen molar-refractivity contribution in [2.75, 3.05) is 44.2 Å². The van der Waals surface area contributed by atoms with E-state index in [9.17, 15) is 4.79 Å². The quantitative estimate of drug-likeness (QED) is 0.336. The van der Waals surface area contributed by atoms with Gasteiger partial charge in [-0.15, -0.1) is 35.3 Å². The highest BCUT2D eigenvalue weighted by Gasteiger charge is 2.21. The number of rotatable bonds is 6. The molecule has 2 aliphatic rings. The second-order valence-electron chi connectivity index (χ2n) is 7.83. The Hall–Kier alpha value is -1.81. The first-order valence-corrected chi connectivity index (χ1v) is 11.8. The second-order valence-corrected chi connectivity index (χ2v) is 8.76. The molecule has 2 aromatic rings. The molecule has 2 saturated heterocycles. The van der Waals surface area contributed by atoms with Crippen molar-refractivity contribution in [1.82, 2.24) is 15.1 Å². The van der Waals surface area contributed by atoms with Gasteiger partial charge in [-0.05, 0) is 42.0 Å². The Morgan fingerprint density at radius 1 is 1.06 bits per heavy atom. The number of aliphatic imine (C=N–C) groups is 1. The predicted octanol–water partition coefficient (Wildman–Crippen LogP) is 3.78. The monoisotopic (exact) mass is 553 g/mol. The fraction of sp³-hybridized carbons (Fsp3) is 0.478. The third kappa shape index (κ3) is 6.35. The van der Waals surface area contributed by atoms with E-state index < -0.39 is 0 Å². The van der Waals surface area contributed by atoms with Crippen LogP contribution in [-0.2, 0) is 17.9 Å². The lowest BCUT2D eigenvalue weighted by Gasteiger charge is -2.37. The second kappa shape index (κ2) is 11.7. The van der Waals surface area contributed by atoms with Gasteiger partial charge in [-0.3, -0.25) is 4.79 Å². The number of anilines is 1. The molecule has 2 fully saturated rings. The third-order valence-corrected chi connectivity index (χ3v) is 6.64. The zero-order chi connectivity index (χ0) is 20.8. The molecule has 0 atom stereocenters. The lowest BCUT2D eigenvalue weighted by atomic mass is 10.1. The van der Waals surface area contributed by atoms with Crippen LogP contribution in [0.5, 0.6) is 0 Å². The van der Waals surface area contributed by atoms with Crippen LogP contribution in [0.15, 0.2) is 46.8 Å². The summed E-state index contributed by atoms with van der Waals surface area (Å²) >= 11 is 1.81. The molecular weight excluding hydrogens is 521 g/mol. The fourth-order valence-electron chi connectivity index (χ4n) is 4.02. The van der Waals surface area contributed by atoms with Gasteiger partial charge in [0, 0.05) is 52.2 Å². The van der Waals surface area contributed by atoms with Gasteiger partial charge in [0.25, 0.3) is 0 Å². The van der Waals surface area contributed by atoms with E-state index >= 15 is 0 Å². The van der Waals surface area contributed by atoms with Gasteiger partial charge in [-0.1, -0.05) is 24.3 Å². The Balaban J connectivity index is 0.00000272. The molecule has 1 aromatic carbocycles. The van der Waals surface area contributed by atoms with Crippen molar-refractivity contribution in [2.45, 2.75) is 32.9 Å². The van der Waals surface area contributed by atoms with E-state index in [2.05, 4.69) is 63.8 Å². The molecule has 0 bridgehead atoms. The number of halogens is 1. The number of carbonyl (C=O) groups excluding carboxylic acids is 1. The van der Waals surface area contributed by atoms with Gasteiger partial charge in [-0.2, -0.15) is 0 Å². The normalized spacial score (nSPS) is 17.1. The maximum Gasteiger partial charge on any atom is 0.222 e. The van der Waals surface area contributed by atoms with Crippen molar-refractivity contribution in [2.24, 2.45) is 4.99 Å². The van der Waals surface area contributed by atoms with Crippen LogP contribution >= 0.6 is 35.3 Å². The topological polar surface area (TPSA) is 51.2 Å². The van der Waals surface area contributed by atoms with E-state index in [0.29, 0.717) is 13.0 Å². The van der Waals surface area contributed by atoms with Crippen LogP contribution in [0.2, 0.25) is 0 Å². The summed E-state index contributed by atoms with van der Waals surface area (Å²) in [4.78, 5) is 23.5. The number of carbonyl (C=O) groups is 1. The van der Waals surface area contributed by atoms with E-state index in [1.54, 1.807) is 0 Å². The first-order valence-electron chi connectivity index (χ1n) is 10.9. The molecule has 0 spiro atoms. The van der Waals surface area contributed by atoms with Crippen molar-refractivity contribution >= 4 is 52.2 Å². The van der Waals surface area contributed by atoms with Crippen LogP contribution in [0.3, 0.4) is 0 Å². The van der Waals surface area contributed by atoms with Crippen LogP contribution in [0.25, 0.3) is 0 Å². The van der Waals surface area contributed by atoms with Crippen LogP contribution in [0, 0.1) is 0 Å². The summed E-state index contributed by atoms with van der Waals surface area (Å²) in [7, 11) is 0. The minimum Gasteiger partial charge on any atom is -0.360 e. The molecule has 3 heterocycles. The molecule has 1 N–H and O–H groups in total. The number of hydrogen-bond donors (Lipinski definition) is 1. The minimum atomic E-state index is 0.